The van der Waals surface area contributed by atoms with E-state index >= 15 is 0 Å². The molecule has 2 aliphatic rings. The third kappa shape index (κ3) is 3.00. The SMILES string of the molecule is COc1ccc(C2CC(=O)[C@H]3C(c4ccccc4)=NO[C@]3(c3ccccc3)C2)cc1. The van der Waals surface area contributed by atoms with E-state index in [1.807, 2.05) is 84.9 Å². The number of Topliss-reactive ketones (excluding diaryl/α,β-unsaturated/α-hetero) is 1. The number of fused-ring (bicyclic) bond motifs is 1. The molecule has 1 heterocycles. The zero-order valence-electron chi connectivity index (χ0n) is 16.8. The highest BCUT2D eigenvalue weighted by Crippen LogP contribution is 2.52. The summed E-state index contributed by atoms with van der Waals surface area (Å²) in [5.74, 6) is 0.636. The quantitative estimate of drug-likeness (QED) is 0.616. The number of hydrogen-bond acceptors (Lipinski definition) is 4. The Hall–Kier alpha value is -3.40. The molecule has 1 aliphatic carbocycles. The maximum absolute atomic E-state index is 13.6. The van der Waals surface area contributed by atoms with Crippen molar-refractivity contribution in [3.63, 3.8) is 0 Å². The minimum Gasteiger partial charge on any atom is -0.497 e. The van der Waals surface area contributed by atoms with Crippen LogP contribution in [0.2, 0.25) is 0 Å². The van der Waals surface area contributed by atoms with Crippen molar-refractivity contribution in [2.75, 3.05) is 7.11 Å². The van der Waals surface area contributed by atoms with Gasteiger partial charge >= 0.3 is 0 Å². The number of carbonyl (C=O) groups excluding carboxylic acids is 1. The summed E-state index contributed by atoms with van der Waals surface area (Å²) in [6.07, 6.45) is 1.17. The van der Waals surface area contributed by atoms with Crippen molar-refractivity contribution in [3.8, 4) is 5.75 Å². The van der Waals surface area contributed by atoms with Gasteiger partial charge in [-0.1, -0.05) is 78.0 Å². The average molecular weight is 397 g/mol. The van der Waals surface area contributed by atoms with Crippen LogP contribution < -0.4 is 4.74 Å². The lowest BCUT2D eigenvalue weighted by Crippen LogP contribution is -2.47. The summed E-state index contributed by atoms with van der Waals surface area (Å²) in [6.45, 7) is 0. The largest absolute Gasteiger partial charge is 0.497 e. The van der Waals surface area contributed by atoms with Gasteiger partial charge < -0.3 is 9.57 Å². The Morgan fingerprint density at radius 1 is 0.933 bits per heavy atom. The molecule has 0 radical (unpaired) electrons. The number of benzene rings is 3. The summed E-state index contributed by atoms with van der Waals surface area (Å²) >= 11 is 0. The number of hydrogen-bond donors (Lipinski definition) is 0. The normalized spacial score (nSPS) is 25.2. The van der Waals surface area contributed by atoms with Crippen molar-refractivity contribution in [1.29, 1.82) is 0 Å². The fourth-order valence-electron chi connectivity index (χ4n) is 4.82. The molecule has 0 amide bonds. The molecule has 30 heavy (non-hydrogen) atoms. The second-order valence-corrected chi connectivity index (χ2v) is 7.97. The van der Waals surface area contributed by atoms with Crippen LogP contribution in [-0.2, 0) is 15.2 Å². The molecule has 150 valence electrons. The number of ether oxygens (including phenoxy) is 1. The van der Waals surface area contributed by atoms with E-state index in [9.17, 15) is 4.79 Å². The lowest BCUT2D eigenvalue weighted by Gasteiger charge is -2.40. The molecular weight excluding hydrogens is 374 g/mol. The lowest BCUT2D eigenvalue weighted by molar-refractivity contribution is -0.138. The van der Waals surface area contributed by atoms with E-state index in [2.05, 4.69) is 5.16 Å². The van der Waals surface area contributed by atoms with E-state index < -0.39 is 11.5 Å². The summed E-state index contributed by atoms with van der Waals surface area (Å²) in [4.78, 5) is 19.8. The molecule has 1 unspecified atom stereocenters. The van der Waals surface area contributed by atoms with Crippen LogP contribution in [0.15, 0.2) is 90.1 Å². The lowest BCUT2D eigenvalue weighted by atomic mass is 9.63. The van der Waals surface area contributed by atoms with Gasteiger partial charge in [-0.25, -0.2) is 0 Å². The maximum atomic E-state index is 13.6. The van der Waals surface area contributed by atoms with E-state index in [1.165, 1.54) is 0 Å². The first kappa shape index (κ1) is 18.6. The number of oxime groups is 1. The second kappa shape index (κ2) is 7.45. The third-order valence-electron chi connectivity index (χ3n) is 6.29. The second-order valence-electron chi connectivity index (χ2n) is 7.97. The smallest absolute Gasteiger partial charge is 0.178 e. The molecule has 4 heteroatoms. The van der Waals surface area contributed by atoms with E-state index in [0.717, 1.165) is 28.2 Å². The van der Waals surface area contributed by atoms with Crippen LogP contribution >= 0.6 is 0 Å². The fraction of sp³-hybridized carbons (Fsp3) is 0.231. The van der Waals surface area contributed by atoms with Gasteiger partial charge in [-0.2, -0.15) is 0 Å². The van der Waals surface area contributed by atoms with Gasteiger partial charge in [-0.05, 0) is 29.2 Å². The molecular formula is C26H23NO3. The van der Waals surface area contributed by atoms with Crippen LogP contribution in [0.5, 0.6) is 5.75 Å². The molecule has 1 saturated carbocycles. The van der Waals surface area contributed by atoms with Gasteiger partial charge in [-0.15, -0.1) is 0 Å². The molecule has 0 N–H and O–H groups in total. The number of nitrogens with zero attached hydrogens (tertiary/aromatic N) is 1. The van der Waals surface area contributed by atoms with E-state index in [0.29, 0.717) is 12.8 Å². The topological polar surface area (TPSA) is 47.9 Å². The molecule has 3 aromatic rings. The molecule has 5 rings (SSSR count). The van der Waals surface area contributed by atoms with Crippen LogP contribution in [0, 0.1) is 5.92 Å². The van der Waals surface area contributed by atoms with Crippen LogP contribution in [0.25, 0.3) is 0 Å². The molecule has 1 fully saturated rings. The maximum Gasteiger partial charge on any atom is 0.178 e. The minimum atomic E-state index is -0.785. The fourth-order valence-corrected chi connectivity index (χ4v) is 4.82. The Labute approximate surface area is 176 Å². The Kier molecular flexibility index (Phi) is 4.62. The highest BCUT2D eigenvalue weighted by molar-refractivity contribution is 6.15. The Bertz CT molecular complexity index is 1080. The van der Waals surface area contributed by atoms with Crippen LogP contribution in [-0.4, -0.2) is 18.6 Å². The summed E-state index contributed by atoms with van der Waals surface area (Å²) in [6, 6.07) is 27.9. The zero-order valence-corrected chi connectivity index (χ0v) is 16.8. The van der Waals surface area contributed by atoms with Gasteiger partial charge in [0.1, 0.15) is 23.2 Å². The van der Waals surface area contributed by atoms with Gasteiger partial charge in [0.15, 0.2) is 5.60 Å². The van der Waals surface area contributed by atoms with Crippen molar-refractivity contribution < 1.29 is 14.4 Å². The molecule has 3 aromatic carbocycles. The van der Waals surface area contributed by atoms with Gasteiger partial charge in [-0.3, -0.25) is 4.79 Å². The monoisotopic (exact) mass is 397 g/mol. The predicted octanol–water partition coefficient (Wildman–Crippen LogP) is 5.09. The van der Waals surface area contributed by atoms with Crippen LogP contribution in [0.1, 0.15) is 35.4 Å². The summed E-state index contributed by atoms with van der Waals surface area (Å²) < 4.78 is 5.29. The Morgan fingerprint density at radius 3 is 2.27 bits per heavy atom. The van der Waals surface area contributed by atoms with Crippen molar-refractivity contribution in [3.05, 3.63) is 102 Å². The minimum absolute atomic E-state index is 0.0604. The van der Waals surface area contributed by atoms with Crippen molar-refractivity contribution in [1.82, 2.24) is 0 Å². The van der Waals surface area contributed by atoms with E-state index in [4.69, 9.17) is 9.57 Å². The molecule has 0 aromatic heterocycles. The third-order valence-corrected chi connectivity index (χ3v) is 6.29. The van der Waals surface area contributed by atoms with E-state index in [-0.39, 0.29) is 11.7 Å². The Balaban J connectivity index is 1.57. The number of methoxy groups -OCH3 is 1. The molecule has 3 atom stereocenters. The molecule has 0 bridgehead atoms. The molecule has 0 spiro atoms. The molecule has 0 saturated heterocycles. The average Bonchev–Trinajstić information content (AvgIpc) is 3.22. The van der Waals surface area contributed by atoms with Crippen LogP contribution in [0.3, 0.4) is 0 Å². The predicted molar refractivity (Wildman–Crippen MR) is 116 cm³/mol. The highest BCUT2D eigenvalue weighted by Gasteiger charge is 2.58. The first-order chi connectivity index (χ1) is 14.7. The molecule has 4 nitrogen and oxygen atoms in total. The molecule has 1 aliphatic heterocycles. The van der Waals surface area contributed by atoms with Gasteiger partial charge in [0.2, 0.25) is 0 Å². The van der Waals surface area contributed by atoms with E-state index in [1.54, 1.807) is 7.11 Å². The number of ketones is 1. The summed E-state index contributed by atoms with van der Waals surface area (Å²) in [7, 11) is 1.66. The van der Waals surface area contributed by atoms with Crippen molar-refractivity contribution in [2.24, 2.45) is 11.1 Å². The summed E-state index contributed by atoms with van der Waals surface area (Å²) in [5.41, 5.74) is 3.01. The van der Waals surface area contributed by atoms with Gasteiger partial charge in [0.05, 0.1) is 7.11 Å². The van der Waals surface area contributed by atoms with Gasteiger partial charge in [0, 0.05) is 18.4 Å². The zero-order chi connectivity index (χ0) is 20.6. The summed E-state index contributed by atoms with van der Waals surface area (Å²) in [5, 5.41) is 4.48. The standard InChI is InChI=1S/C26H23NO3/c1-29-22-14-12-18(13-15-22)20-16-23(28)24-25(19-8-4-2-5-9-19)27-30-26(24,17-20)21-10-6-3-7-11-21/h2-15,20,24H,16-17H2,1H3/t20?,24-,26-/m0/s1. The van der Waals surface area contributed by atoms with Crippen LogP contribution in [0.4, 0.5) is 0 Å². The first-order valence-electron chi connectivity index (χ1n) is 10.2. The van der Waals surface area contributed by atoms with Crippen molar-refractivity contribution in [2.45, 2.75) is 24.4 Å². The Morgan fingerprint density at radius 2 is 1.60 bits per heavy atom. The number of carbonyl (C=O) groups is 1. The highest BCUT2D eigenvalue weighted by atomic mass is 16.7. The first-order valence-corrected chi connectivity index (χ1v) is 10.2. The number of rotatable bonds is 4. The van der Waals surface area contributed by atoms with Gasteiger partial charge in [0.25, 0.3) is 0 Å². The van der Waals surface area contributed by atoms with Crippen molar-refractivity contribution >= 4 is 11.5 Å².